The zero-order chi connectivity index (χ0) is 16.1. The molecular weight excluding hydrogens is 475 g/mol. The number of hydrogen-bond donors (Lipinski definition) is 1. The first kappa shape index (κ1) is 19.8. The quantitative estimate of drug-likeness (QED) is 0.394. The number of piperazine rings is 1. The van der Waals surface area contributed by atoms with Crippen molar-refractivity contribution in [2.24, 2.45) is 4.99 Å². The van der Waals surface area contributed by atoms with Crippen molar-refractivity contribution in [1.82, 2.24) is 10.2 Å². The Balaban J connectivity index is 0.00000208. The van der Waals surface area contributed by atoms with Crippen molar-refractivity contribution < 1.29 is 0 Å². The molecule has 8 heteroatoms. The molecule has 1 aliphatic rings. The number of halogens is 2. The molecule has 3 heterocycles. The van der Waals surface area contributed by atoms with Gasteiger partial charge in [0, 0.05) is 44.6 Å². The van der Waals surface area contributed by atoms with Gasteiger partial charge in [-0.3, -0.25) is 4.99 Å². The first-order chi connectivity index (χ1) is 11.3. The van der Waals surface area contributed by atoms with E-state index < -0.39 is 0 Å². The lowest BCUT2D eigenvalue weighted by Crippen LogP contribution is -2.52. The van der Waals surface area contributed by atoms with Crippen molar-refractivity contribution in [1.29, 1.82) is 0 Å². The number of nitrogens with zero attached hydrogens (tertiary/aromatic N) is 3. The number of aliphatic imine (C=N–C) groups is 1. The first-order valence-electron chi connectivity index (χ1n) is 7.74. The van der Waals surface area contributed by atoms with Crippen LogP contribution >= 0.6 is 58.3 Å². The fourth-order valence-corrected chi connectivity index (χ4v) is 4.58. The van der Waals surface area contributed by atoms with Gasteiger partial charge in [-0.1, -0.05) is 11.6 Å². The van der Waals surface area contributed by atoms with Crippen LogP contribution in [0, 0.1) is 0 Å². The van der Waals surface area contributed by atoms with E-state index in [1.54, 1.807) is 11.3 Å². The lowest BCUT2D eigenvalue weighted by atomic mass is 10.3. The Morgan fingerprint density at radius 3 is 2.62 bits per heavy atom. The normalized spacial score (nSPS) is 15.3. The van der Waals surface area contributed by atoms with Crippen LogP contribution in [-0.2, 0) is 6.42 Å². The van der Waals surface area contributed by atoms with Crippen LogP contribution in [0.3, 0.4) is 0 Å². The Hall–Kier alpha value is -0.510. The third-order valence-corrected chi connectivity index (χ3v) is 6.11. The number of guanidine groups is 1. The minimum absolute atomic E-state index is 0. The van der Waals surface area contributed by atoms with Crippen molar-refractivity contribution in [3.8, 4) is 0 Å². The average Bonchev–Trinajstić information content (AvgIpc) is 3.24. The zero-order valence-electron chi connectivity index (χ0n) is 13.6. The lowest BCUT2D eigenvalue weighted by Gasteiger charge is -2.37. The number of hydrogen-bond acceptors (Lipinski definition) is 4. The van der Waals surface area contributed by atoms with Crippen LogP contribution < -0.4 is 10.2 Å². The molecule has 0 unspecified atom stereocenters. The van der Waals surface area contributed by atoms with E-state index in [4.69, 9.17) is 11.6 Å². The highest BCUT2D eigenvalue weighted by Crippen LogP contribution is 2.23. The van der Waals surface area contributed by atoms with Gasteiger partial charge in [-0.15, -0.1) is 46.7 Å². The molecule has 0 radical (unpaired) electrons. The molecule has 2 aromatic heterocycles. The van der Waals surface area contributed by atoms with Gasteiger partial charge >= 0.3 is 0 Å². The van der Waals surface area contributed by atoms with Gasteiger partial charge in [-0.2, -0.15) is 0 Å². The molecule has 0 aliphatic carbocycles. The molecule has 0 spiro atoms. The lowest BCUT2D eigenvalue weighted by molar-refractivity contribution is 0.374. The Labute approximate surface area is 173 Å². The summed E-state index contributed by atoms with van der Waals surface area (Å²) in [5, 5.41) is 6.97. The summed E-state index contributed by atoms with van der Waals surface area (Å²) in [4.78, 5) is 10.5. The molecule has 0 saturated carbocycles. The van der Waals surface area contributed by atoms with E-state index >= 15 is 0 Å². The monoisotopic (exact) mass is 496 g/mol. The maximum atomic E-state index is 5.97. The van der Waals surface area contributed by atoms with Crippen LogP contribution in [0.1, 0.15) is 4.88 Å². The third kappa shape index (κ3) is 5.24. The van der Waals surface area contributed by atoms with Crippen molar-refractivity contribution in [2.75, 3.05) is 44.7 Å². The Morgan fingerprint density at radius 1 is 1.25 bits per heavy atom. The van der Waals surface area contributed by atoms with Crippen LogP contribution in [0.25, 0.3) is 0 Å². The molecule has 0 atom stereocenters. The second kappa shape index (κ2) is 9.84. The maximum absolute atomic E-state index is 5.97. The summed E-state index contributed by atoms with van der Waals surface area (Å²) in [7, 11) is 1.86. The van der Waals surface area contributed by atoms with E-state index in [-0.39, 0.29) is 24.0 Å². The van der Waals surface area contributed by atoms with Crippen LogP contribution in [0.2, 0.25) is 4.34 Å². The summed E-state index contributed by atoms with van der Waals surface area (Å²) in [6.07, 6.45) is 0.978. The Morgan fingerprint density at radius 2 is 2.04 bits per heavy atom. The average molecular weight is 497 g/mol. The molecule has 1 fully saturated rings. The Bertz CT molecular complexity index is 636. The van der Waals surface area contributed by atoms with Crippen LogP contribution in [0.15, 0.2) is 34.6 Å². The summed E-state index contributed by atoms with van der Waals surface area (Å²) in [5.41, 5.74) is 0. The molecule has 1 aliphatic heterocycles. The predicted molar refractivity (Wildman–Crippen MR) is 118 cm³/mol. The highest BCUT2D eigenvalue weighted by Gasteiger charge is 2.20. The van der Waals surface area contributed by atoms with E-state index in [0.717, 1.165) is 49.4 Å². The molecule has 132 valence electrons. The molecule has 0 bridgehead atoms. The van der Waals surface area contributed by atoms with Crippen LogP contribution in [0.5, 0.6) is 0 Å². The highest BCUT2D eigenvalue weighted by molar-refractivity contribution is 14.0. The molecule has 4 nitrogen and oxygen atoms in total. The van der Waals surface area contributed by atoms with Crippen molar-refractivity contribution in [2.45, 2.75) is 6.42 Å². The van der Waals surface area contributed by atoms with E-state index in [2.05, 4.69) is 43.7 Å². The molecular formula is C16H22ClIN4S2. The van der Waals surface area contributed by atoms with Gasteiger partial charge in [0.2, 0.25) is 0 Å². The summed E-state index contributed by atoms with van der Waals surface area (Å²) >= 11 is 9.43. The SMILES string of the molecule is CN=C(NCCc1ccc(Cl)s1)N1CCN(c2cccs2)CC1.I. The van der Waals surface area contributed by atoms with Gasteiger partial charge in [0.1, 0.15) is 0 Å². The molecule has 24 heavy (non-hydrogen) atoms. The van der Waals surface area contributed by atoms with Crippen molar-refractivity contribution in [3.05, 3.63) is 38.9 Å². The summed E-state index contributed by atoms with van der Waals surface area (Å²) in [6.45, 7) is 4.98. The smallest absolute Gasteiger partial charge is 0.193 e. The largest absolute Gasteiger partial charge is 0.360 e. The zero-order valence-corrected chi connectivity index (χ0v) is 18.3. The standard InChI is InChI=1S/C16H21ClN4S2.HI/c1-18-16(19-7-6-13-4-5-14(17)23-13)21-10-8-20(9-11-21)15-3-2-12-22-15;/h2-5,12H,6-11H2,1H3,(H,18,19);1H. The van der Waals surface area contributed by atoms with Gasteiger partial charge in [0.15, 0.2) is 5.96 Å². The highest BCUT2D eigenvalue weighted by atomic mass is 127. The number of nitrogens with one attached hydrogen (secondary N) is 1. The fourth-order valence-electron chi connectivity index (χ4n) is 2.70. The van der Waals surface area contributed by atoms with Crippen LogP contribution in [-0.4, -0.2) is 50.6 Å². The van der Waals surface area contributed by atoms with Gasteiger partial charge < -0.3 is 15.1 Å². The van der Waals surface area contributed by atoms with Gasteiger partial charge in [0.25, 0.3) is 0 Å². The van der Waals surface area contributed by atoms with E-state index in [9.17, 15) is 0 Å². The molecule has 0 amide bonds. The number of anilines is 1. The number of rotatable bonds is 4. The maximum Gasteiger partial charge on any atom is 0.193 e. The second-order valence-corrected chi connectivity index (χ2v) is 8.08. The van der Waals surface area contributed by atoms with Crippen molar-refractivity contribution in [3.63, 3.8) is 0 Å². The van der Waals surface area contributed by atoms with Crippen LogP contribution in [0.4, 0.5) is 5.00 Å². The van der Waals surface area contributed by atoms with E-state index in [0.29, 0.717) is 0 Å². The second-order valence-electron chi connectivity index (χ2n) is 5.36. The van der Waals surface area contributed by atoms with Crippen molar-refractivity contribution >= 4 is 69.2 Å². The minimum atomic E-state index is 0. The molecule has 2 aromatic rings. The minimum Gasteiger partial charge on any atom is -0.360 e. The van der Waals surface area contributed by atoms with E-state index in [1.807, 2.05) is 24.5 Å². The number of thiophene rings is 2. The third-order valence-electron chi connectivity index (χ3n) is 3.89. The fraction of sp³-hybridized carbons (Fsp3) is 0.438. The molecule has 1 saturated heterocycles. The topological polar surface area (TPSA) is 30.9 Å². The van der Waals surface area contributed by atoms with Gasteiger partial charge in [-0.05, 0) is 36.1 Å². The summed E-state index contributed by atoms with van der Waals surface area (Å²) in [6, 6.07) is 8.36. The van der Waals surface area contributed by atoms with Gasteiger partial charge in [-0.25, -0.2) is 0 Å². The summed E-state index contributed by atoms with van der Waals surface area (Å²) < 4.78 is 0.856. The molecule has 3 rings (SSSR count). The Kier molecular flexibility index (Phi) is 8.12. The molecule has 1 N–H and O–H groups in total. The van der Waals surface area contributed by atoms with Gasteiger partial charge in [0.05, 0.1) is 9.34 Å². The van der Waals surface area contributed by atoms with E-state index in [1.165, 1.54) is 9.88 Å². The molecule has 0 aromatic carbocycles. The summed E-state index contributed by atoms with van der Waals surface area (Å²) in [5.74, 6) is 0.999. The predicted octanol–water partition coefficient (Wildman–Crippen LogP) is 4.02. The first-order valence-corrected chi connectivity index (χ1v) is 9.82.